The predicted octanol–water partition coefficient (Wildman–Crippen LogP) is 1.75. The lowest BCUT2D eigenvalue weighted by Crippen LogP contribution is -2.03. The molecule has 0 radical (unpaired) electrons. The molecular weight excluding hydrogens is 194 g/mol. The van der Waals surface area contributed by atoms with Crippen molar-refractivity contribution in [1.82, 2.24) is 0 Å². The van der Waals surface area contributed by atoms with Crippen LogP contribution in [0, 0.1) is 0 Å². The first kappa shape index (κ1) is 8.25. The molecule has 0 fully saturated rings. The maximum absolute atomic E-state index is 5.26. The topological polar surface area (TPSA) is 0 Å². The average molecular weight is 196 g/mol. The van der Waals surface area contributed by atoms with Gasteiger partial charge in [-0.2, -0.15) is 0 Å². The third kappa shape index (κ3) is 7.25. The minimum atomic E-state index is -1.25. The molecule has 0 heterocycles. The molecule has 0 saturated carbocycles. The molecule has 7 heavy (non-hydrogen) atoms. The molecule has 0 atom stereocenters. The van der Waals surface area contributed by atoms with Gasteiger partial charge in [0, 0.05) is 0 Å². The SMILES string of the molecule is Cl[SiH]=CC(Cl)(Cl)Cl. The van der Waals surface area contributed by atoms with E-state index in [0.29, 0.717) is 0 Å². The van der Waals surface area contributed by atoms with E-state index in [1.165, 1.54) is 5.67 Å². The quantitative estimate of drug-likeness (QED) is 0.314. The summed E-state index contributed by atoms with van der Waals surface area (Å²) < 4.78 is -1.25. The second-order valence-corrected chi connectivity index (χ2v) is 4.54. The zero-order valence-corrected chi connectivity index (χ0v) is 7.34. The Hall–Kier alpha value is 1.25. The summed E-state index contributed by atoms with van der Waals surface area (Å²) in [5.41, 5.74) is 1.46. The van der Waals surface area contributed by atoms with Crippen LogP contribution in [-0.4, -0.2) is 17.9 Å². The van der Waals surface area contributed by atoms with Gasteiger partial charge in [0.1, 0.15) is 8.44 Å². The number of hydrogen-bond donors (Lipinski definition) is 0. The maximum Gasteiger partial charge on any atom is 0.206 e. The van der Waals surface area contributed by atoms with E-state index in [-0.39, 0.29) is 8.44 Å². The largest absolute Gasteiger partial charge is 0.206 e. The number of alkyl halides is 3. The van der Waals surface area contributed by atoms with Gasteiger partial charge >= 0.3 is 0 Å². The third-order valence-corrected chi connectivity index (χ3v) is 2.27. The predicted molar refractivity (Wildman–Crippen MR) is 39.4 cm³/mol. The Bertz CT molecular complexity index is 72.2. The zero-order valence-electron chi connectivity index (χ0n) is 3.17. The normalized spacial score (nSPS) is 13.1. The average Bonchev–Trinajstić information content (AvgIpc) is 1.30. The molecule has 0 N–H and O–H groups in total. The summed E-state index contributed by atoms with van der Waals surface area (Å²) in [4.78, 5) is 0. The molecule has 5 heteroatoms. The molecule has 0 saturated heterocycles. The Morgan fingerprint density at radius 1 is 1.29 bits per heavy atom. The van der Waals surface area contributed by atoms with Gasteiger partial charge in [-0.25, -0.2) is 0 Å². The monoisotopic (exact) mass is 194 g/mol. The Balaban J connectivity index is 3.56. The van der Waals surface area contributed by atoms with Gasteiger partial charge in [-0.15, -0.1) is 11.1 Å². The van der Waals surface area contributed by atoms with Crippen molar-refractivity contribution >= 4 is 60.0 Å². The molecule has 42 valence electrons. The molecule has 0 aromatic rings. The fraction of sp³-hybridized carbons (Fsp3) is 0.500. The first-order valence-corrected chi connectivity index (χ1v) is 4.95. The molecule has 0 aromatic carbocycles. The van der Waals surface area contributed by atoms with E-state index in [1.54, 1.807) is 0 Å². The number of halogens is 4. The van der Waals surface area contributed by atoms with Crippen molar-refractivity contribution in [2.75, 3.05) is 0 Å². The minimum absolute atomic E-state index is 0.339. The molecule has 0 bridgehead atoms. The lowest BCUT2D eigenvalue weighted by Gasteiger charge is -1.98. The minimum Gasteiger partial charge on any atom is -0.143 e. The van der Waals surface area contributed by atoms with E-state index in [4.69, 9.17) is 45.9 Å². The van der Waals surface area contributed by atoms with Crippen LogP contribution in [0.5, 0.6) is 0 Å². The fourth-order valence-corrected chi connectivity index (χ4v) is 1.93. The van der Waals surface area contributed by atoms with E-state index in [2.05, 4.69) is 0 Å². The first-order valence-electron chi connectivity index (χ1n) is 1.41. The van der Waals surface area contributed by atoms with Crippen LogP contribution in [0.4, 0.5) is 0 Å². The van der Waals surface area contributed by atoms with Crippen molar-refractivity contribution in [2.24, 2.45) is 0 Å². The Labute approximate surface area is 63.8 Å². The lowest BCUT2D eigenvalue weighted by atomic mass is 10.9. The van der Waals surface area contributed by atoms with Crippen LogP contribution in [0.15, 0.2) is 0 Å². The van der Waals surface area contributed by atoms with Crippen LogP contribution < -0.4 is 0 Å². The van der Waals surface area contributed by atoms with E-state index in [0.717, 1.165) is 0 Å². The van der Waals surface area contributed by atoms with Crippen LogP contribution >= 0.6 is 45.9 Å². The highest BCUT2D eigenvalue weighted by molar-refractivity contribution is 7.00. The molecule has 0 aromatic heterocycles. The number of hydrogen-bond acceptors (Lipinski definition) is 0. The smallest absolute Gasteiger partial charge is 0.143 e. The van der Waals surface area contributed by atoms with Crippen molar-refractivity contribution in [1.29, 1.82) is 0 Å². The highest BCUT2D eigenvalue weighted by atomic mass is 35.6. The summed E-state index contributed by atoms with van der Waals surface area (Å²) in [5, 5.41) is 0. The second kappa shape index (κ2) is 3.31. The van der Waals surface area contributed by atoms with Gasteiger partial charge in [0.05, 0.1) is 0 Å². The maximum atomic E-state index is 5.26. The number of rotatable bonds is 0. The standard InChI is InChI=1S/C2H2Cl4Si/c3-2(4,5)1-7-6/h1,7H. The fourth-order valence-electron chi connectivity index (χ4n) is 0.0714. The van der Waals surface area contributed by atoms with Gasteiger partial charge in [0.15, 0.2) is 0 Å². The van der Waals surface area contributed by atoms with Crippen LogP contribution in [0.25, 0.3) is 0 Å². The van der Waals surface area contributed by atoms with Gasteiger partial charge in [0.25, 0.3) is 0 Å². The molecule has 0 rings (SSSR count). The van der Waals surface area contributed by atoms with E-state index < -0.39 is 3.79 Å². The van der Waals surface area contributed by atoms with Crippen molar-refractivity contribution in [2.45, 2.75) is 3.79 Å². The van der Waals surface area contributed by atoms with Gasteiger partial charge in [-0.3, -0.25) is 0 Å². The van der Waals surface area contributed by atoms with Gasteiger partial charge in [0.2, 0.25) is 3.79 Å². The van der Waals surface area contributed by atoms with Crippen LogP contribution in [0.3, 0.4) is 0 Å². The van der Waals surface area contributed by atoms with E-state index >= 15 is 0 Å². The molecule has 0 aliphatic carbocycles. The summed E-state index contributed by atoms with van der Waals surface area (Å²) in [6, 6.07) is 0. The Morgan fingerprint density at radius 3 is 1.71 bits per heavy atom. The molecule has 0 aliphatic heterocycles. The van der Waals surface area contributed by atoms with Crippen LogP contribution in [0.1, 0.15) is 0 Å². The van der Waals surface area contributed by atoms with Gasteiger partial charge < -0.3 is 0 Å². The highest BCUT2D eigenvalue weighted by Crippen LogP contribution is 2.21. The summed E-state index contributed by atoms with van der Waals surface area (Å²) >= 11 is 21.0. The Kier molecular flexibility index (Phi) is 3.90. The van der Waals surface area contributed by atoms with Crippen molar-refractivity contribution in [3.63, 3.8) is 0 Å². The van der Waals surface area contributed by atoms with E-state index in [9.17, 15) is 0 Å². The first-order chi connectivity index (χ1) is 3.06. The van der Waals surface area contributed by atoms with E-state index in [1.807, 2.05) is 0 Å². The summed E-state index contributed by atoms with van der Waals surface area (Å²) in [6.45, 7) is 0. The zero-order chi connectivity index (χ0) is 5.91. The lowest BCUT2D eigenvalue weighted by molar-refractivity contribution is 1.70. The second-order valence-electron chi connectivity index (χ2n) is 0.834. The molecular formula is C2H2Cl4Si. The third-order valence-electron chi connectivity index (χ3n) is 0.252. The summed E-state index contributed by atoms with van der Waals surface area (Å²) in [5.74, 6) is 0. The van der Waals surface area contributed by atoms with Gasteiger partial charge in [-0.1, -0.05) is 34.8 Å². The highest BCUT2D eigenvalue weighted by Gasteiger charge is 2.12. The summed E-state index contributed by atoms with van der Waals surface area (Å²) in [7, 11) is -0.339. The molecule has 0 nitrogen and oxygen atoms in total. The Morgan fingerprint density at radius 2 is 1.71 bits per heavy atom. The van der Waals surface area contributed by atoms with Gasteiger partial charge in [-0.05, 0) is 5.67 Å². The van der Waals surface area contributed by atoms with Crippen LogP contribution in [0.2, 0.25) is 0 Å². The molecule has 0 aliphatic rings. The molecule has 0 amide bonds. The van der Waals surface area contributed by atoms with Crippen molar-refractivity contribution < 1.29 is 0 Å². The molecule has 0 unspecified atom stereocenters. The van der Waals surface area contributed by atoms with Crippen molar-refractivity contribution in [3.05, 3.63) is 0 Å². The summed E-state index contributed by atoms with van der Waals surface area (Å²) in [6.07, 6.45) is 0. The molecule has 0 spiro atoms. The van der Waals surface area contributed by atoms with Crippen molar-refractivity contribution in [3.8, 4) is 0 Å². The van der Waals surface area contributed by atoms with Crippen LogP contribution in [-0.2, 0) is 0 Å².